The predicted molar refractivity (Wildman–Crippen MR) is 105 cm³/mol. The second kappa shape index (κ2) is 9.19. The van der Waals surface area contributed by atoms with E-state index in [1.807, 2.05) is 7.05 Å². The zero-order chi connectivity index (χ0) is 15.4. The fourth-order valence-corrected chi connectivity index (χ4v) is 3.91. The van der Waals surface area contributed by atoms with E-state index in [4.69, 9.17) is 9.47 Å². The fourth-order valence-electron chi connectivity index (χ4n) is 3.07. The fraction of sp³-hybridized carbons (Fsp3) is 0.688. The molecule has 3 rings (SSSR count). The van der Waals surface area contributed by atoms with Gasteiger partial charge in [-0.25, -0.2) is 0 Å². The molecule has 130 valence electrons. The average molecular weight is 451 g/mol. The van der Waals surface area contributed by atoms with Crippen molar-refractivity contribution in [3.05, 3.63) is 21.9 Å². The number of halogens is 1. The minimum Gasteiger partial charge on any atom is -0.375 e. The van der Waals surface area contributed by atoms with Crippen molar-refractivity contribution in [2.24, 2.45) is 4.99 Å². The van der Waals surface area contributed by atoms with E-state index in [1.165, 1.54) is 10.4 Å². The van der Waals surface area contributed by atoms with Crippen LogP contribution in [-0.2, 0) is 16.0 Å². The Morgan fingerprint density at radius 2 is 2.22 bits per heavy atom. The summed E-state index contributed by atoms with van der Waals surface area (Å²) in [7, 11) is 1.85. The lowest BCUT2D eigenvalue weighted by molar-refractivity contribution is -0.0817. The van der Waals surface area contributed by atoms with Crippen LogP contribution in [0.1, 0.15) is 23.3 Å². The Morgan fingerprint density at radius 3 is 2.87 bits per heavy atom. The average Bonchev–Trinajstić information content (AvgIpc) is 3.20. The summed E-state index contributed by atoms with van der Waals surface area (Å²) < 4.78 is 11.7. The number of guanidine groups is 1. The van der Waals surface area contributed by atoms with E-state index in [1.54, 1.807) is 11.3 Å². The smallest absolute Gasteiger partial charge is 0.194 e. The Bertz CT molecular complexity index is 517. The molecule has 2 fully saturated rings. The monoisotopic (exact) mass is 451 g/mol. The maximum absolute atomic E-state index is 5.91. The summed E-state index contributed by atoms with van der Waals surface area (Å²) in [4.78, 5) is 8.10. The van der Waals surface area contributed by atoms with Gasteiger partial charge in [0.05, 0.1) is 19.3 Å². The topological polar surface area (TPSA) is 46.1 Å². The second-order valence-electron chi connectivity index (χ2n) is 5.83. The van der Waals surface area contributed by atoms with Crippen LogP contribution in [0.4, 0.5) is 0 Å². The van der Waals surface area contributed by atoms with Crippen LogP contribution in [0, 0.1) is 6.92 Å². The van der Waals surface area contributed by atoms with Crippen molar-refractivity contribution in [1.29, 1.82) is 0 Å². The quantitative estimate of drug-likeness (QED) is 0.436. The van der Waals surface area contributed by atoms with E-state index >= 15 is 0 Å². The summed E-state index contributed by atoms with van der Waals surface area (Å²) in [6.07, 6.45) is 2.67. The van der Waals surface area contributed by atoms with E-state index in [9.17, 15) is 0 Å². The second-order valence-corrected chi connectivity index (χ2v) is 6.83. The summed E-state index contributed by atoms with van der Waals surface area (Å²) in [6, 6.07) is 2.16. The van der Waals surface area contributed by atoms with Gasteiger partial charge in [0.1, 0.15) is 6.10 Å². The van der Waals surface area contributed by atoms with Crippen LogP contribution in [0.3, 0.4) is 0 Å². The molecular formula is C16H26IN3O2S. The third kappa shape index (κ3) is 4.80. The van der Waals surface area contributed by atoms with Crippen molar-refractivity contribution >= 4 is 41.3 Å². The van der Waals surface area contributed by atoms with Crippen molar-refractivity contribution < 1.29 is 9.47 Å². The summed E-state index contributed by atoms with van der Waals surface area (Å²) in [5.74, 6) is 0.957. The molecule has 1 aromatic rings. The van der Waals surface area contributed by atoms with E-state index in [2.05, 4.69) is 33.6 Å². The summed E-state index contributed by atoms with van der Waals surface area (Å²) in [5.41, 5.74) is 1.34. The molecule has 0 bridgehead atoms. The first-order valence-electron chi connectivity index (χ1n) is 7.99. The van der Waals surface area contributed by atoms with Gasteiger partial charge in [-0.2, -0.15) is 0 Å². The number of hydrogen-bond donors (Lipinski definition) is 1. The van der Waals surface area contributed by atoms with Crippen LogP contribution < -0.4 is 5.32 Å². The molecule has 0 aliphatic carbocycles. The van der Waals surface area contributed by atoms with Crippen LogP contribution in [0.2, 0.25) is 0 Å². The van der Waals surface area contributed by atoms with Gasteiger partial charge in [0.15, 0.2) is 5.96 Å². The number of nitrogens with zero attached hydrogens (tertiary/aromatic N) is 2. The zero-order valence-corrected chi connectivity index (χ0v) is 16.9. The Kier molecular flexibility index (Phi) is 7.58. The lowest BCUT2D eigenvalue weighted by atomic mass is 10.1. The molecule has 3 heterocycles. The molecule has 5 nitrogen and oxygen atoms in total. The van der Waals surface area contributed by atoms with E-state index < -0.39 is 0 Å². The van der Waals surface area contributed by atoms with Gasteiger partial charge in [0.25, 0.3) is 0 Å². The van der Waals surface area contributed by atoms with Crippen LogP contribution >= 0.6 is 35.3 Å². The highest BCUT2D eigenvalue weighted by Gasteiger charge is 2.32. The number of ether oxygens (including phenoxy) is 2. The number of aryl methyl sites for hydroxylation is 1. The van der Waals surface area contributed by atoms with E-state index in [0.29, 0.717) is 0 Å². The van der Waals surface area contributed by atoms with Gasteiger partial charge in [-0.1, -0.05) is 0 Å². The molecule has 0 radical (unpaired) electrons. The van der Waals surface area contributed by atoms with Crippen molar-refractivity contribution in [1.82, 2.24) is 10.2 Å². The standard InChI is InChI=1S/C16H25N3O2S.HI/c1-12-5-9-22-15(12)10-18-16(17-2)19-6-8-21-14(11-19)13-4-3-7-20-13;/h5,9,13-14H,3-4,6-8,10-11H2,1-2H3,(H,17,18);1H. The highest BCUT2D eigenvalue weighted by atomic mass is 127. The number of nitrogens with one attached hydrogen (secondary N) is 1. The lowest BCUT2D eigenvalue weighted by Crippen LogP contribution is -2.53. The molecule has 1 N–H and O–H groups in total. The maximum Gasteiger partial charge on any atom is 0.194 e. The molecular weight excluding hydrogens is 425 g/mol. The maximum atomic E-state index is 5.91. The van der Waals surface area contributed by atoms with Gasteiger partial charge < -0.3 is 19.7 Å². The van der Waals surface area contributed by atoms with Crippen LogP contribution in [0.25, 0.3) is 0 Å². The normalized spacial score (nSPS) is 25.3. The van der Waals surface area contributed by atoms with Gasteiger partial charge >= 0.3 is 0 Å². The van der Waals surface area contributed by atoms with E-state index in [0.717, 1.165) is 51.6 Å². The zero-order valence-electron chi connectivity index (χ0n) is 13.8. The molecule has 2 atom stereocenters. The Hall–Kier alpha value is -0.380. The molecule has 2 unspecified atom stereocenters. The number of thiophene rings is 1. The van der Waals surface area contributed by atoms with Crippen molar-refractivity contribution in [2.75, 3.05) is 33.4 Å². The molecule has 0 aromatic carbocycles. The van der Waals surface area contributed by atoms with Gasteiger partial charge in [0, 0.05) is 31.6 Å². The van der Waals surface area contributed by atoms with Gasteiger partial charge in [-0.3, -0.25) is 4.99 Å². The largest absolute Gasteiger partial charge is 0.375 e. The summed E-state index contributed by atoms with van der Waals surface area (Å²) in [5, 5.41) is 5.62. The third-order valence-electron chi connectivity index (χ3n) is 4.36. The molecule has 2 aliphatic heterocycles. The SMILES string of the molecule is CN=C(NCc1sccc1C)N1CCOC(C2CCCO2)C1.I. The van der Waals surface area contributed by atoms with Crippen LogP contribution in [0.5, 0.6) is 0 Å². The summed E-state index contributed by atoms with van der Waals surface area (Å²) in [6.45, 7) is 6.33. The molecule has 1 aromatic heterocycles. The number of hydrogen-bond acceptors (Lipinski definition) is 4. The molecule has 2 aliphatic rings. The third-order valence-corrected chi connectivity index (χ3v) is 5.38. The van der Waals surface area contributed by atoms with Gasteiger partial charge in [-0.15, -0.1) is 35.3 Å². The number of rotatable bonds is 3. The van der Waals surface area contributed by atoms with Crippen molar-refractivity contribution in [2.45, 2.75) is 38.5 Å². The minimum absolute atomic E-state index is 0. The highest BCUT2D eigenvalue weighted by Crippen LogP contribution is 2.21. The van der Waals surface area contributed by atoms with Gasteiger partial charge in [0.2, 0.25) is 0 Å². The Morgan fingerprint density at radius 1 is 1.39 bits per heavy atom. The van der Waals surface area contributed by atoms with Crippen LogP contribution in [-0.4, -0.2) is 56.4 Å². The van der Waals surface area contributed by atoms with E-state index in [-0.39, 0.29) is 36.2 Å². The Balaban J connectivity index is 0.00000192. The number of morpholine rings is 1. The first-order chi connectivity index (χ1) is 10.8. The molecule has 0 spiro atoms. The highest BCUT2D eigenvalue weighted by molar-refractivity contribution is 14.0. The van der Waals surface area contributed by atoms with Crippen LogP contribution in [0.15, 0.2) is 16.4 Å². The molecule has 2 saturated heterocycles. The van der Waals surface area contributed by atoms with Crippen molar-refractivity contribution in [3.8, 4) is 0 Å². The first kappa shape index (κ1) is 19.0. The number of aliphatic imine (C=N–C) groups is 1. The first-order valence-corrected chi connectivity index (χ1v) is 8.87. The predicted octanol–water partition coefficient (Wildman–Crippen LogP) is 2.63. The molecule has 23 heavy (non-hydrogen) atoms. The lowest BCUT2D eigenvalue weighted by Gasteiger charge is -2.37. The molecule has 7 heteroatoms. The molecule has 0 saturated carbocycles. The Labute approximate surface area is 159 Å². The minimum atomic E-state index is 0. The summed E-state index contributed by atoms with van der Waals surface area (Å²) >= 11 is 1.79. The van der Waals surface area contributed by atoms with Crippen molar-refractivity contribution in [3.63, 3.8) is 0 Å². The van der Waals surface area contributed by atoms with Gasteiger partial charge in [-0.05, 0) is 36.8 Å². The molecule has 0 amide bonds.